The van der Waals surface area contributed by atoms with Gasteiger partial charge >= 0.3 is 0 Å². The van der Waals surface area contributed by atoms with Crippen LogP contribution in [0.4, 0.5) is 0 Å². The van der Waals surface area contributed by atoms with Gasteiger partial charge in [0.1, 0.15) is 0 Å². The molecule has 72 valence electrons. The summed E-state index contributed by atoms with van der Waals surface area (Å²) in [6, 6.07) is 2.73. The lowest BCUT2D eigenvalue weighted by Gasteiger charge is -1.98. The van der Waals surface area contributed by atoms with E-state index in [-0.39, 0.29) is 23.5 Å². The Morgan fingerprint density at radius 3 is 2.62 bits per heavy atom. The van der Waals surface area contributed by atoms with Gasteiger partial charge in [-0.2, -0.15) is 0 Å². The van der Waals surface area contributed by atoms with Crippen LogP contribution >= 0.6 is 12.4 Å². The van der Waals surface area contributed by atoms with Gasteiger partial charge in [0.2, 0.25) is 5.56 Å². The number of nitrogen functional groups attached to an aromatic ring is 1. The number of hydrogen-bond donors (Lipinski definition) is 3. The van der Waals surface area contributed by atoms with Gasteiger partial charge in [-0.3, -0.25) is 15.0 Å². The zero-order chi connectivity index (χ0) is 9.14. The van der Waals surface area contributed by atoms with E-state index in [1.54, 1.807) is 13.0 Å². The minimum absolute atomic E-state index is 0. The quantitative estimate of drug-likeness (QED) is 0.333. The van der Waals surface area contributed by atoms with E-state index in [0.29, 0.717) is 5.69 Å². The second kappa shape index (κ2) is 4.64. The van der Waals surface area contributed by atoms with Gasteiger partial charge in [-0.25, -0.2) is 5.84 Å². The molecule has 0 bridgehead atoms. The van der Waals surface area contributed by atoms with Crippen LogP contribution in [0.1, 0.15) is 16.1 Å². The molecule has 1 aromatic heterocycles. The van der Waals surface area contributed by atoms with Crippen LogP contribution in [-0.4, -0.2) is 10.9 Å². The van der Waals surface area contributed by atoms with Crippen molar-refractivity contribution in [1.29, 1.82) is 0 Å². The largest absolute Gasteiger partial charge is 0.326 e. The summed E-state index contributed by atoms with van der Waals surface area (Å²) in [7, 11) is 0. The van der Waals surface area contributed by atoms with Crippen LogP contribution < -0.4 is 16.8 Å². The first-order valence-corrected chi connectivity index (χ1v) is 3.35. The Hall–Kier alpha value is -1.33. The van der Waals surface area contributed by atoms with Crippen LogP contribution in [0.25, 0.3) is 0 Å². The minimum Gasteiger partial charge on any atom is -0.326 e. The molecule has 1 rings (SSSR count). The summed E-state index contributed by atoms with van der Waals surface area (Å²) < 4.78 is 0. The second-order valence-corrected chi connectivity index (χ2v) is 2.39. The van der Waals surface area contributed by atoms with Gasteiger partial charge < -0.3 is 4.98 Å². The summed E-state index contributed by atoms with van der Waals surface area (Å²) in [6.45, 7) is 1.69. The first-order chi connectivity index (χ1) is 5.63. The predicted molar refractivity (Wildman–Crippen MR) is 50.7 cm³/mol. The topological polar surface area (TPSA) is 88.0 Å². The zero-order valence-corrected chi connectivity index (χ0v) is 7.77. The van der Waals surface area contributed by atoms with Crippen molar-refractivity contribution in [3.05, 3.63) is 33.7 Å². The van der Waals surface area contributed by atoms with Crippen LogP contribution in [0.15, 0.2) is 16.9 Å². The molecule has 0 saturated heterocycles. The molecule has 13 heavy (non-hydrogen) atoms. The van der Waals surface area contributed by atoms with Gasteiger partial charge in [0.25, 0.3) is 5.91 Å². The normalized spacial score (nSPS) is 8.77. The van der Waals surface area contributed by atoms with Gasteiger partial charge in [0, 0.05) is 17.3 Å². The molecule has 0 aliphatic carbocycles. The third-order valence-corrected chi connectivity index (χ3v) is 1.37. The fourth-order valence-electron chi connectivity index (χ4n) is 0.897. The van der Waals surface area contributed by atoms with E-state index >= 15 is 0 Å². The van der Waals surface area contributed by atoms with Gasteiger partial charge in [0.05, 0.1) is 0 Å². The highest BCUT2D eigenvalue weighted by molar-refractivity contribution is 5.93. The molecule has 0 aliphatic heterocycles. The van der Waals surface area contributed by atoms with Crippen molar-refractivity contribution in [3.63, 3.8) is 0 Å². The van der Waals surface area contributed by atoms with Gasteiger partial charge in [0.15, 0.2) is 0 Å². The molecule has 0 aliphatic rings. The Morgan fingerprint density at radius 2 is 2.15 bits per heavy atom. The summed E-state index contributed by atoms with van der Waals surface area (Å²) in [5, 5.41) is 0. The number of rotatable bonds is 1. The van der Waals surface area contributed by atoms with Crippen LogP contribution in [0.3, 0.4) is 0 Å². The molecule has 1 aromatic rings. The molecule has 1 heterocycles. The standard InChI is InChI=1S/C7H9N3O2.ClH/c1-4-2-5(7(12)10-8)3-6(11)9-4;/h2-3H,8H2,1H3,(H,9,11)(H,10,12);1H. The average molecular weight is 204 g/mol. The number of aromatic amines is 1. The SMILES string of the molecule is Cc1cc(C(=O)NN)cc(=O)[nH]1.Cl. The molecule has 0 saturated carbocycles. The highest BCUT2D eigenvalue weighted by atomic mass is 35.5. The number of hydrazine groups is 1. The minimum atomic E-state index is -0.468. The van der Waals surface area contributed by atoms with E-state index in [1.807, 2.05) is 5.43 Å². The van der Waals surface area contributed by atoms with Crippen LogP contribution in [0.5, 0.6) is 0 Å². The lowest BCUT2D eigenvalue weighted by Crippen LogP contribution is -2.31. The molecule has 0 spiro atoms. The van der Waals surface area contributed by atoms with Gasteiger partial charge in [-0.05, 0) is 13.0 Å². The Labute approximate surface area is 80.7 Å². The number of carbonyl (C=O) groups is 1. The van der Waals surface area contributed by atoms with Crippen LogP contribution in [0, 0.1) is 6.92 Å². The molecule has 4 N–H and O–H groups in total. The smallest absolute Gasteiger partial charge is 0.265 e. The van der Waals surface area contributed by atoms with Crippen LogP contribution in [-0.2, 0) is 0 Å². The fraction of sp³-hybridized carbons (Fsp3) is 0.143. The van der Waals surface area contributed by atoms with E-state index in [4.69, 9.17) is 5.84 Å². The van der Waals surface area contributed by atoms with E-state index in [2.05, 4.69) is 4.98 Å². The van der Waals surface area contributed by atoms with Crippen molar-refractivity contribution in [1.82, 2.24) is 10.4 Å². The van der Waals surface area contributed by atoms with Crippen molar-refractivity contribution in [3.8, 4) is 0 Å². The van der Waals surface area contributed by atoms with E-state index < -0.39 is 5.91 Å². The molecule has 1 amide bonds. The third-order valence-electron chi connectivity index (χ3n) is 1.37. The zero-order valence-electron chi connectivity index (χ0n) is 6.96. The number of aryl methyl sites for hydroxylation is 1. The van der Waals surface area contributed by atoms with Gasteiger partial charge in [-0.15, -0.1) is 12.4 Å². The lowest BCUT2D eigenvalue weighted by molar-refractivity contribution is 0.0953. The maximum Gasteiger partial charge on any atom is 0.265 e. The molecule has 0 atom stereocenters. The molecule has 0 radical (unpaired) electrons. The number of carbonyl (C=O) groups excluding carboxylic acids is 1. The number of H-pyrrole nitrogens is 1. The summed E-state index contributed by atoms with van der Waals surface area (Å²) in [6.07, 6.45) is 0. The van der Waals surface area contributed by atoms with E-state index in [1.165, 1.54) is 6.07 Å². The molecular formula is C7H10ClN3O2. The third kappa shape index (κ3) is 2.89. The number of hydrogen-bond acceptors (Lipinski definition) is 3. The number of pyridine rings is 1. The number of nitrogens with two attached hydrogens (primary N) is 1. The maximum absolute atomic E-state index is 10.9. The first-order valence-electron chi connectivity index (χ1n) is 3.35. The lowest BCUT2D eigenvalue weighted by atomic mass is 10.2. The first kappa shape index (κ1) is 11.7. The van der Waals surface area contributed by atoms with Crippen molar-refractivity contribution in [2.75, 3.05) is 0 Å². The van der Waals surface area contributed by atoms with Gasteiger partial charge in [-0.1, -0.05) is 0 Å². The number of aromatic nitrogens is 1. The Kier molecular flexibility index (Phi) is 4.16. The van der Waals surface area contributed by atoms with E-state index in [9.17, 15) is 9.59 Å². The second-order valence-electron chi connectivity index (χ2n) is 2.39. The summed E-state index contributed by atoms with van der Waals surface area (Å²) in [5.41, 5.74) is 2.52. The summed E-state index contributed by atoms with van der Waals surface area (Å²) >= 11 is 0. The summed E-state index contributed by atoms with van der Waals surface area (Å²) in [4.78, 5) is 24.3. The number of nitrogens with one attached hydrogen (secondary N) is 2. The van der Waals surface area contributed by atoms with Crippen molar-refractivity contribution >= 4 is 18.3 Å². The highest BCUT2D eigenvalue weighted by Gasteiger charge is 2.03. The number of halogens is 1. The molecule has 0 fully saturated rings. The maximum atomic E-state index is 10.9. The Balaban J connectivity index is 0.00000144. The van der Waals surface area contributed by atoms with Crippen LogP contribution in [0.2, 0.25) is 0 Å². The molecule has 0 unspecified atom stereocenters. The average Bonchev–Trinajstić information content (AvgIpc) is 2.01. The predicted octanol–water partition coefficient (Wildman–Crippen LogP) is -0.291. The van der Waals surface area contributed by atoms with Crippen molar-refractivity contribution < 1.29 is 4.79 Å². The highest BCUT2D eigenvalue weighted by Crippen LogP contribution is 1.95. The molecular weight excluding hydrogens is 194 g/mol. The van der Waals surface area contributed by atoms with E-state index in [0.717, 1.165) is 0 Å². The molecule has 5 nitrogen and oxygen atoms in total. The number of amides is 1. The molecule has 6 heteroatoms. The van der Waals surface area contributed by atoms with Crippen molar-refractivity contribution in [2.24, 2.45) is 5.84 Å². The Morgan fingerprint density at radius 1 is 1.54 bits per heavy atom. The molecule has 0 aromatic carbocycles. The monoisotopic (exact) mass is 203 g/mol. The summed E-state index contributed by atoms with van der Waals surface area (Å²) in [5.74, 6) is 4.42. The van der Waals surface area contributed by atoms with Crippen molar-refractivity contribution in [2.45, 2.75) is 6.92 Å². The Bertz CT molecular complexity index is 361. The fourth-order valence-corrected chi connectivity index (χ4v) is 0.897.